The zero-order valence-corrected chi connectivity index (χ0v) is 15.3. The SMILES string of the molecule is O=C(O)C1CCC(Cn2ccc3ncc(OCc4ccccc4)cc32)CC1. The molecule has 0 radical (unpaired) electrons. The van der Waals surface area contributed by atoms with Crippen LogP contribution in [-0.4, -0.2) is 20.6 Å². The normalized spacial score (nSPS) is 19.9. The molecule has 5 heteroatoms. The van der Waals surface area contributed by atoms with Crippen molar-refractivity contribution in [2.24, 2.45) is 11.8 Å². The molecule has 4 rings (SSSR count). The fourth-order valence-electron chi connectivity index (χ4n) is 3.89. The van der Waals surface area contributed by atoms with Crippen LogP contribution in [0.5, 0.6) is 5.75 Å². The van der Waals surface area contributed by atoms with Crippen LogP contribution in [0.25, 0.3) is 11.0 Å². The number of pyridine rings is 1. The number of nitrogens with zero attached hydrogens (tertiary/aromatic N) is 2. The zero-order chi connectivity index (χ0) is 18.6. The van der Waals surface area contributed by atoms with Gasteiger partial charge >= 0.3 is 5.97 Å². The van der Waals surface area contributed by atoms with Gasteiger partial charge in [-0.3, -0.25) is 9.78 Å². The number of hydrogen-bond donors (Lipinski definition) is 1. The standard InChI is InChI=1S/C22H24N2O3/c25-22(26)18-8-6-16(7-9-18)14-24-11-10-20-21(24)12-19(13-23-20)27-15-17-4-2-1-3-5-17/h1-5,10-13,16,18H,6-9,14-15H2,(H,25,26). The van der Waals surface area contributed by atoms with E-state index in [9.17, 15) is 4.79 Å². The first-order valence-electron chi connectivity index (χ1n) is 9.53. The number of carboxylic acid groups (broad SMARTS) is 1. The lowest BCUT2D eigenvalue weighted by molar-refractivity contribution is -0.143. The van der Waals surface area contributed by atoms with Gasteiger partial charge in [0.15, 0.2) is 0 Å². The summed E-state index contributed by atoms with van der Waals surface area (Å²) in [5.74, 6) is 0.470. The van der Waals surface area contributed by atoms with Crippen molar-refractivity contribution in [3.63, 3.8) is 0 Å². The fraction of sp³-hybridized carbons (Fsp3) is 0.364. The number of aromatic nitrogens is 2. The number of ether oxygens (including phenoxy) is 1. The summed E-state index contributed by atoms with van der Waals surface area (Å²) in [5.41, 5.74) is 3.16. The topological polar surface area (TPSA) is 64.3 Å². The molecule has 0 spiro atoms. The minimum atomic E-state index is -0.649. The zero-order valence-electron chi connectivity index (χ0n) is 15.3. The molecule has 3 aromatic rings. The third-order valence-corrected chi connectivity index (χ3v) is 5.49. The van der Waals surface area contributed by atoms with E-state index in [0.29, 0.717) is 12.5 Å². The van der Waals surface area contributed by atoms with Crippen molar-refractivity contribution in [3.05, 3.63) is 60.4 Å². The molecule has 1 N–H and O–H groups in total. The molecule has 0 aliphatic heterocycles. The molecule has 0 unspecified atom stereocenters. The Bertz CT molecular complexity index is 912. The van der Waals surface area contributed by atoms with Crippen LogP contribution in [0.3, 0.4) is 0 Å². The highest BCUT2D eigenvalue weighted by Gasteiger charge is 2.26. The Morgan fingerprint density at radius 1 is 1.15 bits per heavy atom. The minimum Gasteiger partial charge on any atom is -0.487 e. The molecule has 0 atom stereocenters. The predicted octanol–water partition coefficient (Wildman–Crippen LogP) is 4.51. The van der Waals surface area contributed by atoms with Crippen molar-refractivity contribution < 1.29 is 14.6 Å². The maximum atomic E-state index is 11.1. The molecule has 5 nitrogen and oxygen atoms in total. The molecule has 0 saturated heterocycles. The highest BCUT2D eigenvalue weighted by molar-refractivity contribution is 5.77. The van der Waals surface area contributed by atoms with Crippen LogP contribution in [0.4, 0.5) is 0 Å². The number of fused-ring (bicyclic) bond motifs is 1. The smallest absolute Gasteiger partial charge is 0.306 e. The second kappa shape index (κ2) is 7.82. The van der Waals surface area contributed by atoms with Gasteiger partial charge in [0.25, 0.3) is 0 Å². The molecular weight excluding hydrogens is 340 g/mol. The van der Waals surface area contributed by atoms with Crippen LogP contribution in [0.1, 0.15) is 31.2 Å². The van der Waals surface area contributed by atoms with E-state index >= 15 is 0 Å². The number of carbonyl (C=O) groups is 1. The summed E-state index contributed by atoms with van der Waals surface area (Å²) in [6.07, 6.45) is 7.34. The van der Waals surface area contributed by atoms with Gasteiger partial charge in [-0.2, -0.15) is 0 Å². The lowest BCUT2D eigenvalue weighted by atomic mass is 9.82. The highest BCUT2D eigenvalue weighted by atomic mass is 16.5. The summed E-state index contributed by atoms with van der Waals surface area (Å²) < 4.78 is 8.14. The first-order chi connectivity index (χ1) is 13.2. The third kappa shape index (κ3) is 4.13. The summed E-state index contributed by atoms with van der Waals surface area (Å²) >= 11 is 0. The van der Waals surface area contributed by atoms with Crippen LogP contribution < -0.4 is 4.74 Å². The maximum absolute atomic E-state index is 11.1. The van der Waals surface area contributed by atoms with Crippen molar-refractivity contribution in [3.8, 4) is 5.75 Å². The average Bonchev–Trinajstić information content (AvgIpc) is 3.10. The number of rotatable bonds is 6. The molecule has 140 valence electrons. The van der Waals surface area contributed by atoms with Crippen LogP contribution in [-0.2, 0) is 17.9 Å². The Hall–Kier alpha value is -2.82. The maximum Gasteiger partial charge on any atom is 0.306 e. The Balaban J connectivity index is 1.43. The third-order valence-electron chi connectivity index (χ3n) is 5.49. The second-order valence-corrected chi connectivity index (χ2v) is 7.37. The van der Waals surface area contributed by atoms with E-state index in [1.165, 1.54) is 0 Å². The number of hydrogen-bond acceptors (Lipinski definition) is 3. The monoisotopic (exact) mass is 364 g/mol. The summed E-state index contributed by atoms with van der Waals surface area (Å²) in [6, 6.07) is 14.2. The van der Waals surface area contributed by atoms with Crippen LogP contribution >= 0.6 is 0 Å². The molecule has 0 bridgehead atoms. The van der Waals surface area contributed by atoms with Gasteiger partial charge in [-0.15, -0.1) is 0 Å². The Morgan fingerprint density at radius 3 is 2.67 bits per heavy atom. The fourth-order valence-corrected chi connectivity index (χ4v) is 3.89. The first-order valence-corrected chi connectivity index (χ1v) is 9.53. The number of benzene rings is 1. The van der Waals surface area contributed by atoms with Crippen LogP contribution in [0, 0.1) is 11.8 Å². The van der Waals surface area contributed by atoms with Crippen molar-refractivity contribution in [2.45, 2.75) is 38.8 Å². The van der Waals surface area contributed by atoms with E-state index in [-0.39, 0.29) is 5.92 Å². The lowest BCUT2D eigenvalue weighted by Crippen LogP contribution is -2.23. The van der Waals surface area contributed by atoms with E-state index in [1.807, 2.05) is 42.5 Å². The van der Waals surface area contributed by atoms with Gasteiger partial charge in [-0.1, -0.05) is 30.3 Å². The minimum absolute atomic E-state index is 0.165. The summed E-state index contributed by atoms with van der Waals surface area (Å²) in [4.78, 5) is 15.6. The molecule has 1 aliphatic rings. The molecular formula is C22H24N2O3. The highest BCUT2D eigenvalue weighted by Crippen LogP contribution is 2.31. The molecule has 1 saturated carbocycles. The van der Waals surface area contributed by atoms with E-state index in [1.54, 1.807) is 6.20 Å². The molecule has 27 heavy (non-hydrogen) atoms. The van der Waals surface area contributed by atoms with Crippen molar-refractivity contribution in [2.75, 3.05) is 0 Å². The van der Waals surface area contributed by atoms with Gasteiger partial charge in [-0.25, -0.2) is 0 Å². The van der Waals surface area contributed by atoms with Crippen LogP contribution in [0.2, 0.25) is 0 Å². The molecule has 0 amide bonds. The first kappa shape index (κ1) is 17.6. The summed E-state index contributed by atoms with van der Waals surface area (Å²) in [6.45, 7) is 1.42. The molecule has 2 aromatic heterocycles. The number of carboxylic acids is 1. The van der Waals surface area contributed by atoms with E-state index in [4.69, 9.17) is 9.84 Å². The van der Waals surface area contributed by atoms with Gasteiger partial charge in [0.2, 0.25) is 0 Å². The predicted molar refractivity (Wildman–Crippen MR) is 104 cm³/mol. The van der Waals surface area contributed by atoms with E-state index in [0.717, 1.165) is 54.6 Å². The van der Waals surface area contributed by atoms with Gasteiger partial charge in [0, 0.05) is 18.8 Å². The Kier molecular flexibility index (Phi) is 5.10. The van der Waals surface area contributed by atoms with Gasteiger partial charge < -0.3 is 14.4 Å². The molecule has 1 fully saturated rings. The van der Waals surface area contributed by atoms with E-state index < -0.39 is 5.97 Å². The van der Waals surface area contributed by atoms with Gasteiger partial charge in [0.05, 0.1) is 23.1 Å². The second-order valence-electron chi connectivity index (χ2n) is 7.37. The molecule has 1 aliphatic carbocycles. The number of aliphatic carboxylic acids is 1. The molecule has 1 aromatic carbocycles. The Labute approximate surface area is 158 Å². The van der Waals surface area contributed by atoms with Crippen LogP contribution in [0.15, 0.2) is 54.9 Å². The average molecular weight is 364 g/mol. The van der Waals surface area contributed by atoms with Crippen molar-refractivity contribution in [1.29, 1.82) is 0 Å². The lowest BCUT2D eigenvalue weighted by Gasteiger charge is -2.26. The van der Waals surface area contributed by atoms with Gasteiger partial charge in [-0.05, 0) is 43.2 Å². The summed E-state index contributed by atoms with van der Waals surface area (Å²) in [7, 11) is 0. The largest absolute Gasteiger partial charge is 0.487 e. The quantitative estimate of drug-likeness (QED) is 0.699. The van der Waals surface area contributed by atoms with E-state index in [2.05, 4.69) is 15.7 Å². The van der Waals surface area contributed by atoms with Crippen molar-refractivity contribution >= 4 is 17.0 Å². The molecule has 2 heterocycles. The Morgan fingerprint density at radius 2 is 1.93 bits per heavy atom. The summed E-state index contributed by atoms with van der Waals surface area (Å²) in [5, 5.41) is 9.16. The van der Waals surface area contributed by atoms with Crippen molar-refractivity contribution in [1.82, 2.24) is 9.55 Å². The van der Waals surface area contributed by atoms with Gasteiger partial charge in [0.1, 0.15) is 12.4 Å².